The lowest BCUT2D eigenvalue weighted by Crippen LogP contribution is -2.49. The molecule has 2 fully saturated rings. The summed E-state index contributed by atoms with van der Waals surface area (Å²) in [6.45, 7) is 8.84. The van der Waals surface area contributed by atoms with Crippen LogP contribution in [0.25, 0.3) is 11.0 Å². The number of hydrogen-bond acceptors (Lipinski definition) is 9. The van der Waals surface area contributed by atoms with Crippen LogP contribution in [0.2, 0.25) is 0 Å². The summed E-state index contributed by atoms with van der Waals surface area (Å²) in [6.07, 6.45) is 0. The average Bonchev–Trinajstić information content (AvgIpc) is 3.27. The number of anilines is 2. The zero-order valence-corrected chi connectivity index (χ0v) is 18.7. The van der Waals surface area contributed by atoms with Gasteiger partial charge in [0.2, 0.25) is 0 Å². The summed E-state index contributed by atoms with van der Waals surface area (Å²) < 4.78 is 8.46. The Bertz CT molecular complexity index is 1090. The number of rotatable bonds is 3. The Balaban J connectivity index is 1.26. The molecular weight excluding hydrogens is 412 g/mol. The van der Waals surface area contributed by atoms with Crippen LogP contribution in [0, 0.1) is 6.92 Å². The molecule has 162 valence electrons. The Morgan fingerprint density at radius 2 is 1.45 bits per heavy atom. The van der Waals surface area contributed by atoms with Gasteiger partial charge in [0, 0.05) is 64.0 Å². The van der Waals surface area contributed by atoms with E-state index in [9.17, 15) is 4.79 Å². The third kappa shape index (κ3) is 4.17. The minimum Gasteiger partial charge on any atom is -0.354 e. The van der Waals surface area contributed by atoms with Gasteiger partial charge in [0.05, 0.1) is 11.7 Å². The lowest BCUT2D eigenvalue weighted by atomic mass is 10.1. The second-order valence-electron chi connectivity index (χ2n) is 8.17. The smallest absolute Gasteiger partial charge is 0.254 e. The van der Waals surface area contributed by atoms with Gasteiger partial charge in [0.1, 0.15) is 28.5 Å². The molecule has 2 aromatic heterocycles. The fraction of sp³-hybridized carbons (Fsp3) is 0.476. The van der Waals surface area contributed by atoms with E-state index in [4.69, 9.17) is 0 Å². The van der Waals surface area contributed by atoms with Crippen molar-refractivity contribution in [2.75, 3.05) is 69.2 Å². The van der Waals surface area contributed by atoms with Gasteiger partial charge >= 0.3 is 0 Å². The zero-order chi connectivity index (χ0) is 21.4. The number of fused-ring (bicyclic) bond motifs is 1. The molecule has 10 heteroatoms. The van der Waals surface area contributed by atoms with Crippen molar-refractivity contribution in [3.63, 3.8) is 0 Å². The number of hydrogen-bond donors (Lipinski definition) is 0. The minimum atomic E-state index is 0.0477. The Morgan fingerprint density at radius 1 is 0.839 bits per heavy atom. The lowest BCUT2D eigenvalue weighted by molar-refractivity contribution is 0.0746. The Morgan fingerprint density at radius 3 is 2.13 bits per heavy atom. The Hall–Kier alpha value is -2.85. The molecule has 0 spiro atoms. The van der Waals surface area contributed by atoms with Gasteiger partial charge < -0.3 is 19.6 Å². The molecule has 1 aromatic carbocycles. The van der Waals surface area contributed by atoms with Crippen molar-refractivity contribution in [2.24, 2.45) is 0 Å². The molecule has 0 saturated carbocycles. The number of carbonyl (C=O) groups is 1. The van der Waals surface area contributed by atoms with E-state index in [1.54, 1.807) is 0 Å². The molecule has 0 unspecified atom stereocenters. The standard InChI is InChI=1S/C21H26N8OS/c1-15-22-19(27-7-5-26(2)6-8-27)14-20(23-15)28-9-11-29(12-10-28)21(30)16-3-4-17-18(13-16)25-31-24-17/h3-4,13-14H,5-12H2,1-2H3. The monoisotopic (exact) mass is 438 g/mol. The maximum Gasteiger partial charge on any atom is 0.254 e. The molecule has 4 heterocycles. The maximum absolute atomic E-state index is 13.0. The van der Waals surface area contributed by atoms with Crippen molar-refractivity contribution >= 4 is 40.3 Å². The van der Waals surface area contributed by atoms with Crippen molar-refractivity contribution < 1.29 is 4.79 Å². The molecule has 0 aliphatic carbocycles. The summed E-state index contributed by atoms with van der Waals surface area (Å²) in [5.41, 5.74) is 2.29. The van der Waals surface area contributed by atoms with Gasteiger partial charge in [-0.25, -0.2) is 9.97 Å². The van der Waals surface area contributed by atoms with Crippen LogP contribution in [0.4, 0.5) is 11.6 Å². The van der Waals surface area contributed by atoms with Crippen LogP contribution >= 0.6 is 11.7 Å². The molecule has 0 atom stereocenters. The second-order valence-corrected chi connectivity index (χ2v) is 8.70. The highest BCUT2D eigenvalue weighted by atomic mass is 32.1. The van der Waals surface area contributed by atoms with Gasteiger partial charge in [-0.2, -0.15) is 8.75 Å². The first kappa shape index (κ1) is 20.1. The molecule has 9 nitrogen and oxygen atoms in total. The zero-order valence-electron chi connectivity index (χ0n) is 17.9. The van der Waals surface area contributed by atoms with Crippen molar-refractivity contribution in [2.45, 2.75) is 6.92 Å². The van der Waals surface area contributed by atoms with Gasteiger partial charge in [-0.1, -0.05) is 0 Å². The molecule has 2 saturated heterocycles. The number of aryl methyl sites for hydroxylation is 1. The predicted octanol–water partition coefficient (Wildman–Crippen LogP) is 1.50. The van der Waals surface area contributed by atoms with Crippen molar-refractivity contribution in [1.82, 2.24) is 28.5 Å². The summed E-state index contributed by atoms with van der Waals surface area (Å²) in [5.74, 6) is 2.78. The van der Waals surface area contributed by atoms with E-state index < -0.39 is 0 Å². The van der Waals surface area contributed by atoms with Crippen LogP contribution in [-0.4, -0.2) is 93.8 Å². The van der Waals surface area contributed by atoms with E-state index in [1.807, 2.05) is 30.0 Å². The molecule has 2 aliphatic rings. The van der Waals surface area contributed by atoms with Crippen LogP contribution < -0.4 is 9.80 Å². The highest BCUT2D eigenvalue weighted by molar-refractivity contribution is 7.00. The number of nitrogens with zero attached hydrogens (tertiary/aromatic N) is 8. The fourth-order valence-corrected chi connectivity index (χ4v) is 4.65. The van der Waals surface area contributed by atoms with E-state index in [-0.39, 0.29) is 5.91 Å². The average molecular weight is 439 g/mol. The molecule has 1 amide bonds. The maximum atomic E-state index is 13.0. The summed E-state index contributed by atoms with van der Waals surface area (Å²) in [5, 5.41) is 0. The molecule has 3 aromatic rings. The van der Waals surface area contributed by atoms with Gasteiger partial charge in [0.25, 0.3) is 5.91 Å². The summed E-state index contributed by atoms with van der Waals surface area (Å²) >= 11 is 1.17. The van der Waals surface area contributed by atoms with E-state index in [0.717, 1.165) is 67.8 Å². The largest absolute Gasteiger partial charge is 0.354 e. The lowest BCUT2D eigenvalue weighted by Gasteiger charge is -2.37. The summed E-state index contributed by atoms with van der Waals surface area (Å²) in [4.78, 5) is 31.2. The van der Waals surface area contributed by atoms with E-state index >= 15 is 0 Å². The van der Waals surface area contributed by atoms with Crippen LogP contribution in [-0.2, 0) is 0 Å². The quantitative estimate of drug-likeness (QED) is 0.609. The van der Waals surface area contributed by atoms with Gasteiger partial charge in [-0.05, 0) is 32.2 Å². The summed E-state index contributed by atoms with van der Waals surface area (Å²) in [6, 6.07) is 7.64. The van der Waals surface area contributed by atoms with Gasteiger partial charge in [-0.3, -0.25) is 4.79 Å². The number of aromatic nitrogens is 4. The first-order chi connectivity index (χ1) is 15.1. The summed E-state index contributed by atoms with van der Waals surface area (Å²) in [7, 11) is 2.15. The van der Waals surface area contributed by atoms with Crippen LogP contribution in [0.1, 0.15) is 16.2 Å². The van der Waals surface area contributed by atoms with Crippen molar-refractivity contribution in [1.29, 1.82) is 0 Å². The number of benzene rings is 1. The Kier molecular flexibility index (Phi) is 5.41. The molecular formula is C21H26N8OS. The highest BCUT2D eigenvalue weighted by Gasteiger charge is 2.25. The molecule has 0 N–H and O–H groups in total. The van der Waals surface area contributed by atoms with Crippen LogP contribution in [0.15, 0.2) is 24.3 Å². The van der Waals surface area contributed by atoms with Crippen LogP contribution in [0.5, 0.6) is 0 Å². The van der Waals surface area contributed by atoms with Gasteiger partial charge in [-0.15, -0.1) is 0 Å². The second kappa shape index (κ2) is 8.35. The van der Waals surface area contributed by atoms with E-state index in [2.05, 4.69) is 46.5 Å². The molecule has 0 bridgehead atoms. The normalized spacial score (nSPS) is 18.1. The fourth-order valence-electron chi connectivity index (χ4n) is 4.13. The number of amides is 1. The third-order valence-electron chi connectivity index (χ3n) is 6.03. The topological polar surface area (TPSA) is 81.6 Å². The highest BCUT2D eigenvalue weighted by Crippen LogP contribution is 2.22. The number of carbonyl (C=O) groups excluding carboxylic acids is 1. The van der Waals surface area contributed by atoms with Gasteiger partial charge in [0.15, 0.2) is 0 Å². The molecule has 5 rings (SSSR count). The Labute approximate surface area is 185 Å². The SMILES string of the molecule is Cc1nc(N2CCN(C)CC2)cc(N2CCN(C(=O)c3ccc4nsnc4c3)CC2)n1. The van der Waals surface area contributed by atoms with Crippen LogP contribution in [0.3, 0.4) is 0 Å². The first-order valence-electron chi connectivity index (χ1n) is 10.6. The van der Waals surface area contributed by atoms with E-state index in [1.165, 1.54) is 11.7 Å². The number of likely N-dealkylation sites (N-methyl/N-ethyl adjacent to an activating group) is 1. The van der Waals surface area contributed by atoms with Crippen molar-refractivity contribution in [3.8, 4) is 0 Å². The van der Waals surface area contributed by atoms with E-state index in [0.29, 0.717) is 18.7 Å². The third-order valence-corrected chi connectivity index (χ3v) is 6.59. The first-order valence-corrected chi connectivity index (χ1v) is 11.4. The number of piperazine rings is 2. The van der Waals surface area contributed by atoms with Crippen molar-refractivity contribution in [3.05, 3.63) is 35.7 Å². The predicted molar refractivity (Wildman–Crippen MR) is 122 cm³/mol. The molecule has 2 aliphatic heterocycles. The molecule has 0 radical (unpaired) electrons. The minimum absolute atomic E-state index is 0.0477. The molecule has 31 heavy (non-hydrogen) atoms.